The topological polar surface area (TPSA) is 34.4 Å². The van der Waals surface area contributed by atoms with E-state index in [0.29, 0.717) is 12.6 Å². The number of hydrogen-bond acceptors (Lipinski definition) is 3. The summed E-state index contributed by atoms with van der Waals surface area (Å²) in [6.07, 6.45) is 0. The lowest BCUT2D eigenvalue weighted by Gasteiger charge is -2.26. The summed E-state index contributed by atoms with van der Waals surface area (Å²) >= 11 is 0. The van der Waals surface area contributed by atoms with Gasteiger partial charge < -0.3 is 14.5 Å². The van der Waals surface area contributed by atoms with E-state index in [4.69, 9.17) is 9.15 Å². The summed E-state index contributed by atoms with van der Waals surface area (Å²) in [5.41, 5.74) is 0.884. The molecule has 1 aliphatic rings. The molecule has 94 valence electrons. The third-order valence-electron chi connectivity index (χ3n) is 2.99. The van der Waals surface area contributed by atoms with Crippen molar-refractivity contribution in [3.05, 3.63) is 48.0 Å². The van der Waals surface area contributed by atoms with Crippen LogP contribution >= 0.6 is 0 Å². The maximum absolute atomic E-state index is 12.8. The molecule has 4 heteroatoms. The van der Waals surface area contributed by atoms with Crippen molar-refractivity contribution in [1.82, 2.24) is 5.32 Å². The molecule has 1 aromatic heterocycles. The molecule has 0 aliphatic carbocycles. The first-order chi connectivity index (χ1) is 8.81. The van der Waals surface area contributed by atoms with Crippen LogP contribution in [0.4, 0.5) is 4.39 Å². The minimum atomic E-state index is -0.239. The van der Waals surface area contributed by atoms with Crippen LogP contribution in [-0.4, -0.2) is 19.3 Å². The molecule has 2 aromatic rings. The van der Waals surface area contributed by atoms with Gasteiger partial charge in [-0.3, -0.25) is 0 Å². The van der Waals surface area contributed by atoms with Crippen molar-refractivity contribution in [2.24, 2.45) is 0 Å². The van der Waals surface area contributed by atoms with Crippen LogP contribution in [0.3, 0.4) is 0 Å². The fraction of sp³-hybridized carbons (Fsp3) is 0.286. The Labute approximate surface area is 105 Å². The molecule has 0 atom stereocenters. The number of furan rings is 1. The third-order valence-corrected chi connectivity index (χ3v) is 2.99. The Bertz CT molecular complexity index is 517. The van der Waals surface area contributed by atoms with Crippen LogP contribution in [0.1, 0.15) is 5.76 Å². The smallest absolute Gasteiger partial charge is 0.134 e. The van der Waals surface area contributed by atoms with Gasteiger partial charge in [0, 0.05) is 5.56 Å². The lowest BCUT2D eigenvalue weighted by atomic mass is 10.2. The predicted octanol–water partition coefficient (Wildman–Crippen LogP) is 2.57. The van der Waals surface area contributed by atoms with E-state index in [9.17, 15) is 4.39 Å². The molecular weight excluding hydrogens is 233 g/mol. The molecule has 3 nitrogen and oxygen atoms in total. The summed E-state index contributed by atoms with van der Waals surface area (Å²) in [4.78, 5) is 0. The molecule has 0 spiro atoms. The van der Waals surface area contributed by atoms with Gasteiger partial charge in [0.1, 0.15) is 17.3 Å². The van der Waals surface area contributed by atoms with Crippen LogP contribution in [0.15, 0.2) is 40.8 Å². The molecule has 1 aliphatic heterocycles. The zero-order valence-electron chi connectivity index (χ0n) is 9.86. The van der Waals surface area contributed by atoms with Gasteiger partial charge in [-0.2, -0.15) is 0 Å². The summed E-state index contributed by atoms with van der Waals surface area (Å²) < 4.78 is 23.6. The average molecular weight is 247 g/mol. The van der Waals surface area contributed by atoms with Crippen molar-refractivity contribution >= 4 is 0 Å². The Hall–Kier alpha value is -1.65. The van der Waals surface area contributed by atoms with E-state index >= 15 is 0 Å². The Morgan fingerprint density at radius 3 is 2.56 bits per heavy atom. The molecule has 1 aromatic carbocycles. The van der Waals surface area contributed by atoms with Crippen LogP contribution < -0.4 is 5.32 Å². The number of nitrogens with one attached hydrogen (secondary N) is 1. The van der Waals surface area contributed by atoms with E-state index in [1.807, 2.05) is 12.1 Å². The van der Waals surface area contributed by atoms with E-state index in [2.05, 4.69) is 5.32 Å². The van der Waals surface area contributed by atoms with Gasteiger partial charge in [0.2, 0.25) is 0 Å². The second kappa shape index (κ2) is 4.92. The summed E-state index contributed by atoms with van der Waals surface area (Å²) in [6, 6.07) is 10.6. The highest BCUT2D eigenvalue weighted by molar-refractivity contribution is 5.57. The molecule has 3 rings (SSSR count). The molecule has 1 fully saturated rings. The summed E-state index contributed by atoms with van der Waals surface area (Å²) in [5.74, 6) is 1.40. The van der Waals surface area contributed by atoms with E-state index in [-0.39, 0.29) is 5.82 Å². The lowest BCUT2D eigenvalue weighted by molar-refractivity contribution is -0.00640. The molecule has 0 amide bonds. The number of ether oxygens (including phenoxy) is 1. The van der Waals surface area contributed by atoms with E-state index in [0.717, 1.165) is 30.3 Å². The minimum absolute atomic E-state index is 0.239. The largest absolute Gasteiger partial charge is 0.460 e. The van der Waals surface area contributed by atoms with Gasteiger partial charge >= 0.3 is 0 Å². The number of halogens is 1. The maximum atomic E-state index is 12.8. The van der Waals surface area contributed by atoms with Crippen molar-refractivity contribution < 1.29 is 13.5 Å². The fourth-order valence-corrected chi connectivity index (χ4v) is 1.84. The summed E-state index contributed by atoms with van der Waals surface area (Å²) in [6.45, 7) is 2.23. The molecule has 18 heavy (non-hydrogen) atoms. The van der Waals surface area contributed by atoms with Crippen molar-refractivity contribution in [3.63, 3.8) is 0 Å². The Morgan fingerprint density at radius 2 is 1.89 bits per heavy atom. The quantitative estimate of drug-likeness (QED) is 0.901. The second-order valence-corrected chi connectivity index (χ2v) is 4.39. The highest BCUT2D eigenvalue weighted by Gasteiger charge is 2.17. The lowest BCUT2D eigenvalue weighted by Crippen LogP contribution is -2.45. The molecule has 1 saturated heterocycles. The van der Waals surface area contributed by atoms with Gasteiger partial charge in [-0.25, -0.2) is 4.39 Å². The second-order valence-electron chi connectivity index (χ2n) is 4.39. The van der Waals surface area contributed by atoms with Gasteiger partial charge in [-0.1, -0.05) is 0 Å². The average Bonchev–Trinajstić information content (AvgIpc) is 2.77. The normalized spacial score (nSPS) is 15.6. The Balaban J connectivity index is 1.66. The molecule has 2 heterocycles. The minimum Gasteiger partial charge on any atom is -0.460 e. The van der Waals surface area contributed by atoms with Gasteiger partial charge in [0.15, 0.2) is 0 Å². The Kier molecular flexibility index (Phi) is 3.13. The van der Waals surface area contributed by atoms with Crippen molar-refractivity contribution in [3.8, 4) is 11.3 Å². The first kappa shape index (κ1) is 11.4. The SMILES string of the molecule is Fc1ccc(-c2ccc(CNC3COC3)o2)cc1. The van der Waals surface area contributed by atoms with Gasteiger partial charge in [-0.05, 0) is 36.4 Å². The highest BCUT2D eigenvalue weighted by atomic mass is 19.1. The van der Waals surface area contributed by atoms with Gasteiger partial charge in [-0.15, -0.1) is 0 Å². The predicted molar refractivity (Wildman–Crippen MR) is 65.5 cm³/mol. The molecular formula is C14H14FNO2. The summed E-state index contributed by atoms with van der Waals surface area (Å²) in [7, 11) is 0. The third kappa shape index (κ3) is 2.44. The molecule has 0 unspecified atom stereocenters. The first-order valence-electron chi connectivity index (χ1n) is 5.97. The van der Waals surface area contributed by atoms with Gasteiger partial charge in [0.25, 0.3) is 0 Å². The number of rotatable bonds is 4. The van der Waals surface area contributed by atoms with Gasteiger partial charge in [0.05, 0.1) is 25.8 Å². The Morgan fingerprint density at radius 1 is 1.11 bits per heavy atom. The molecule has 0 bridgehead atoms. The van der Waals surface area contributed by atoms with E-state index in [1.165, 1.54) is 12.1 Å². The fourth-order valence-electron chi connectivity index (χ4n) is 1.84. The highest BCUT2D eigenvalue weighted by Crippen LogP contribution is 2.22. The van der Waals surface area contributed by atoms with Crippen LogP contribution in [0.25, 0.3) is 11.3 Å². The molecule has 1 N–H and O–H groups in total. The van der Waals surface area contributed by atoms with E-state index in [1.54, 1.807) is 12.1 Å². The van der Waals surface area contributed by atoms with Crippen LogP contribution in [-0.2, 0) is 11.3 Å². The van der Waals surface area contributed by atoms with Crippen LogP contribution in [0.5, 0.6) is 0 Å². The zero-order valence-corrected chi connectivity index (χ0v) is 9.86. The molecule has 0 saturated carbocycles. The van der Waals surface area contributed by atoms with Crippen molar-refractivity contribution in [2.45, 2.75) is 12.6 Å². The molecule has 0 radical (unpaired) electrons. The van der Waals surface area contributed by atoms with Crippen LogP contribution in [0.2, 0.25) is 0 Å². The van der Waals surface area contributed by atoms with Crippen molar-refractivity contribution in [2.75, 3.05) is 13.2 Å². The number of hydrogen-bond donors (Lipinski definition) is 1. The maximum Gasteiger partial charge on any atom is 0.134 e. The van der Waals surface area contributed by atoms with Crippen molar-refractivity contribution in [1.29, 1.82) is 0 Å². The monoisotopic (exact) mass is 247 g/mol. The van der Waals surface area contributed by atoms with E-state index < -0.39 is 0 Å². The number of benzene rings is 1. The zero-order chi connectivity index (χ0) is 12.4. The van der Waals surface area contributed by atoms with Crippen LogP contribution in [0, 0.1) is 5.82 Å². The standard InChI is InChI=1S/C14H14FNO2/c15-11-3-1-10(2-4-11)14-6-5-13(18-14)7-16-12-8-17-9-12/h1-6,12,16H,7-9H2. The summed E-state index contributed by atoms with van der Waals surface area (Å²) in [5, 5.41) is 3.33. The first-order valence-corrected chi connectivity index (χ1v) is 5.97.